The van der Waals surface area contributed by atoms with Gasteiger partial charge < -0.3 is 19.5 Å². The number of ether oxygens (including phenoxy) is 3. The lowest BCUT2D eigenvalue weighted by atomic mass is 9.98. The first-order chi connectivity index (χ1) is 8.38. The number of rotatable bonds is 1. The highest BCUT2D eigenvalue weighted by Crippen LogP contribution is 2.37. The van der Waals surface area contributed by atoms with E-state index in [4.69, 9.17) is 14.2 Å². The second kappa shape index (κ2) is 4.55. The van der Waals surface area contributed by atoms with E-state index in [1.54, 1.807) is 7.11 Å². The SMILES string of the molecule is COc1ccc2c(c1)[C@H]1OCCN[C@@H]1CCO2. The van der Waals surface area contributed by atoms with Crippen LogP contribution in [-0.2, 0) is 4.74 Å². The van der Waals surface area contributed by atoms with Crippen molar-refractivity contribution in [2.45, 2.75) is 18.6 Å². The van der Waals surface area contributed by atoms with E-state index in [0.29, 0.717) is 6.04 Å². The lowest BCUT2D eigenvalue weighted by Crippen LogP contribution is -2.43. The molecule has 0 unspecified atom stereocenters. The average molecular weight is 235 g/mol. The second-order valence-corrected chi connectivity index (χ2v) is 4.39. The molecule has 0 bridgehead atoms. The highest BCUT2D eigenvalue weighted by molar-refractivity contribution is 5.43. The topological polar surface area (TPSA) is 39.7 Å². The largest absolute Gasteiger partial charge is 0.497 e. The van der Waals surface area contributed by atoms with Crippen molar-refractivity contribution in [2.75, 3.05) is 26.9 Å². The molecule has 2 aliphatic rings. The first-order valence-electron chi connectivity index (χ1n) is 6.04. The molecule has 2 heterocycles. The minimum absolute atomic E-state index is 0.0800. The van der Waals surface area contributed by atoms with Gasteiger partial charge in [0, 0.05) is 18.2 Å². The van der Waals surface area contributed by atoms with E-state index in [9.17, 15) is 0 Å². The zero-order valence-corrected chi connectivity index (χ0v) is 9.94. The van der Waals surface area contributed by atoms with Crippen molar-refractivity contribution in [3.8, 4) is 11.5 Å². The summed E-state index contributed by atoms with van der Waals surface area (Å²) < 4.78 is 16.9. The first-order valence-corrected chi connectivity index (χ1v) is 6.04. The number of fused-ring (bicyclic) bond motifs is 3. The predicted octanol–water partition coefficient (Wildman–Crippen LogP) is 1.51. The third kappa shape index (κ3) is 1.98. The Morgan fingerprint density at radius 1 is 1.35 bits per heavy atom. The van der Waals surface area contributed by atoms with Crippen molar-refractivity contribution in [1.29, 1.82) is 0 Å². The molecule has 0 aromatic heterocycles. The van der Waals surface area contributed by atoms with Gasteiger partial charge in [0.25, 0.3) is 0 Å². The Bertz CT molecular complexity index is 408. The maximum Gasteiger partial charge on any atom is 0.125 e. The summed E-state index contributed by atoms with van der Waals surface area (Å²) in [5, 5.41) is 3.49. The van der Waals surface area contributed by atoms with E-state index < -0.39 is 0 Å². The van der Waals surface area contributed by atoms with Crippen LogP contribution < -0.4 is 14.8 Å². The number of methoxy groups -OCH3 is 1. The van der Waals surface area contributed by atoms with Gasteiger partial charge in [-0.3, -0.25) is 0 Å². The van der Waals surface area contributed by atoms with Crippen molar-refractivity contribution in [3.05, 3.63) is 23.8 Å². The molecule has 0 saturated carbocycles. The van der Waals surface area contributed by atoms with Crippen LogP contribution in [0.1, 0.15) is 18.1 Å². The summed E-state index contributed by atoms with van der Waals surface area (Å²) in [7, 11) is 1.68. The van der Waals surface area contributed by atoms with Crippen LogP contribution in [-0.4, -0.2) is 32.9 Å². The standard InChI is InChI=1S/C13H17NO3/c1-15-9-2-3-12-10(8-9)13-11(4-6-16-12)14-5-7-17-13/h2-3,8,11,13-14H,4-7H2,1H3/t11-,13-/m1/s1. The van der Waals surface area contributed by atoms with Crippen LogP contribution in [0.25, 0.3) is 0 Å². The molecule has 4 nitrogen and oxygen atoms in total. The monoisotopic (exact) mass is 235 g/mol. The van der Waals surface area contributed by atoms with E-state index >= 15 is 0 Å². The third-order valence-corrected chi connectivity index (χ3v) is 3.38. The lowest BCUT2D eigenvalue weighted by Gasteiger charge is -2.31. The fourth-order valence-corrected chi connectivity index (χ4v) is 2.52. The molecule has 3 rings (SSSR count). The molecule has 0 radical (unpaired) electrons. The van der Waals surface area contributed by atoms with Crippen molar-refractivity contribution >= 4 is 0 Å². The van der Waals surface area contributed by atoms with Gasteiger partial charge in [-0.2, -0.15) is 0 Å². The summed E-state index contributed by atoms with van der Waals surface area (Å²) in [5.41, 5.74) is 1.10. The molecule has 2 aliphatic heterocycles. The normalized spacial score (nSPS) is 27.4. The Morgan fingerprint density at radius 2 is 2.29 bits per heavy atom. The van der Waals surface area contributed by atoms with Gasteiger partial charge in [0.05, 0.1) is 20.3 Å². The molecule has 1 saturated heterocycles. The smallest absolute Gasteiger partial charge is 0.125 e. The Kier molecular flexibility index (Phi) is 2.91. The molecule has 0 spiro atoms. The van der Waals surface area contributed by atoms with Gasteiger partial charge >= 0.3 is 0 Å². The highest BCUT2D eigenvalue weighted by atomic mass is 16.5. The molecule has 17 heavy (non-hydrogen) atoms. The third-order valence-electron chi connectivity index (χ3n) is 3.38. The van der Waals surface area contributed by atoms with E-state index in [-0.39, 0.29) is 6.10 Å². The number of hydrogen-bond acceptors (Lipinski definition) is 4. The summed E-state index contributed by atoms with van der Waals surface area (Å²) in [6.45, 7) is 2.40. The minimum Gasteiger partial charge on any atom is -0.497 e. The zero-order chi connectivity index (χ0) is 11.7. The maximum atomic E-state index is 5.89. The van der Waals surface area contributed by atoms with Gasteiger partial charge in [-0.05, 0) is 24.6 Å². The van der Waals surface area contributed by atoms with Gasteiger partial charge in [0.1, 0.15) is 17.6 Å². The number of nitrogens with one attached hydrogen (secondary N) is 1. The van der Waals surface area contributed by atoms with Crippen LogP contribution in [0, 0.1) is 0 Å². The zero-order valence-electron chi connectivity index (χ0n) is 9.94. The molecule has 92 valence electrons. The highest BCUT2D eigenvalue weighted by Gasteiger charge is 2.32. The van der Waals surface area contributed by atoms with E-state index in [2.05, 4.69) is 5.32 Å². The molecular formula is C13H17NO3. The van der Waals surface area contributed by atoms with Gasteiger partial charge in [-0.25, -0.2) is 0 Å². The van der Waals surface area contributed by atoms with Gasteiger partial charge in [-0.15, -0.1) is 0 Å². The fraction of sp³-hybridized carbons (Fsp3) is 0.538. The molecule has 1 aromatic carbocycles. The molecule has 0 aliphatic carbocycles. The van der Waals surface area contributed by atoms with Crippen molar-refractivity contribution in [1.82, 2.24) is 5.32 Å². The molecule has 4 heteroatoms. The van der Waals surface area contributed by atoms with Gasteiger partial charge in [0.2, 0.25) is 0 Å². The van der Waals surface area contributed by atoms with E-state index in [1.165, 1.54) is 0 Å². The Labute approximate surface area is 101 Å². The summed E-state index contributed by atoms with van der Waals surface area (Å²) in [6.07, 6.45) is 1.05. The number of morpholine rings is 1. The number of benzene rings is 1. The summed E-state index contributed by atoms with van der Waals surface area (Å²) >= 11 is 0. The second-order valence-electron chi connectivity index (χ2n) is 4.39. The van der Waals surface area contributed by atoms with Crippen molar-refractivity contribution in [2.24, 2.45) is 0 Å². The molecule has 1 N–H and O–H groups in total. The van der Waals surface area contributed by atoms with Crippen molar-refractivity contribution in [3.63, 3.8) is 0 Å². The fourth-order valence-electron chi connectivity index (χ4n) is 2.52. The van der Waals surface area contributed by atoms with Crippen LogP contribution in [0.3, 0.4) is 0 Å². The average Bonchev–Trinajstić information content (AvgIpc) is 2.57. The predicted molar refractivity (Wildman–Crippen MR) is 63.6 cm³/mol. The first kappa shape index (κ1) is 10.9. The lowest BCUT2D eigenvalue weighted by molar-refractivity contribution is -0.00593. The minimum atomic E-state index is 0.0800. The molecule has 1 aromatic rings. The van der Waals surface area contributed by atoms with Crippen LogP contribution in [0.5, 0.6) is 11.5 Å². The van der Waals surface area contributed by atoms with Crippen LogP contribution >= 0.6 is 0 Å². The summed E-state index contributed by atoms with van der Waals surface area (Å²) in [5.74, 6) is 1.77. The molecular weight excluding hydrogens is 218 g/mol. The van der Waals surface area contributed by atoms with Gasteiger partial charge in [0.15, 0.2) is 0 Å². The molecule has 2 atom stereocenters. The maximum absolute atomic E-state index is 5.89. The Balaban J connectivity index is 2.00. The summed E-state index contributed by atoms with van der Waals surface area (Å²) in [4.78, 5) is 0. The Morgan fingerprint density at radius 3 is 3.18 bits per heavy atom. The van der Waals surface area contributed by atoms with Crippen LogP contribution in [0.15, 0.2) is 18.2 Å². The quantitative estimate of drug-likeness (QED) is 0.801. The molecule has 0 amide bonds. The van der Waals surface area contributed by atoms with E-state index in [0.717, 1.165) is 43.2 Å². The van der Waals surface area contributed by atoms with Crippen LogP contribution in [0.2, 0.25) is 0 Å². The van der Waals surface area contributed by atoms with E-state index in [1.807, 2.05) is 18.2 Å². The Hall–Kier alpha value is -1.26. The number of hydrogen-bond donors (Lipinski definition) is 1. The van der Waals surface area contributed by atoms with Crippen molar-refractivity contribution < 1.29 is 14.2 Å². The molecule has 1 fully saturated rings. The van der Waals surface area contributed by atoms with Gasteiger partial charge in [-0.1, -0.05) is 0 Å². The van der Waals surface area contributed by atoms with Crippen LogP contribution in [0.4, 0.5) is 0 Å². The summed E-state index contributed by atoms with van der Waals surface area (Å²) in [6, 6.07) is 6.26.